The van der Waals surface area contributed by atoms with Crippen LogP contribution in [0.5, 0.6) is 0 Å². The zero-order chi connectivity index (χ0) is 9.30. The molecule has 0 aromatic carbocycles. The van der Waals surface area contributed by atoms with Crippen LogP contribution in [-0.4, -0.2) is 58.5 Å². The molecule has 0 spiro atoms. The third kappa shape index (κ3) is 2.53. The van der Waals surface area contributed by atoms with Crippen LogP contribution in [-0.2, 0) is 9.59 Å². The molecule has 1 fully saturated rings. The predicted octanol–water partition coefficient (Wildman–Crippen LogP) is -1.19. The van der Waals surface area contributed by atoms with Crippen LogP contribution in [0.25, 0.3) is 0 Å². The van der Waals surface area contributed by atoms with Crippen molar-refractivity contribution in [1.82, 2.24) is 5.32 Å². The Morgan fingerprint density at radius 3 is 2.38 bits per heavy atom. The Kier molecular flexibility index (Phi) is 5.14. The van der Waals surface area contributed by atoms with Gasteiger partial charge in [-0.3, -0.25) is 9.59 Å². The Balaban J connectivity index is 0.00000144. The van der Waals surface area contributed by atoms with E-state index in [1.807, 2.05) is 6.92 Å². The number of carbonyl (C=O) groups excluding carboxylic acids is 2. The topological polar surface area (TPSA) is 66.4 Å². The molecule has 1 aliphatic rings. The summed E-state index contributed by atoms with van der Waals surface area (Å²) in [6.07, 6.45) is -0.198. The molecule has 3 unspecified atom stereocenters. The summed E-state index contributed by atoms with van der Waals surface area (Å²) in [5.41, 5.74) is 0. The van der Waals surface area contributed by atoms with Gasteiger partial charge in [0.05, 0.1) is 12.1 Å². The van der Waals surface area contributed by atoms with E-state index in [-0.39, 0.29) is 47.3 Å². The zero-order valence-electron chi connectivity index (χ0n) is 7.20. The fourth-order valence-corrected chi connectivity index (χ4v) is 1.51. The Morgan fingerprint density at radius 1 is 1.62 bits per heavy atom. The van der Waals surface area contributed by atoms with Crippen molar-refractivity contribution in [1.29, 1.82) is 0 Å². The average Bonchev–Trinajstić information content (AvgIpc) is 2.25. The summed E-state index contributed by atoms with van der Waals surface area (Å²) in [5.74, 6) is -1.47. The van der Waals surface area contributed by atoms with Crippen molar-refractivity contribution in [2.45, 2.75) is 32.4 Å². The average molecular weight is 195 g/mol. The molecule has 5 heteroatoms. The monoisotopic (exact) mass is 195 g/mol. The number of Topliss-reactive ketones (excluding diaryl/α,β-unsaturated/α-hetero) is 1. The van der Waals surface area contributed by atoms with Crippen LogP contribution >= 0.6 is 0 Å². The number of ketones is 1. The van der Waals surface area contributed by atoms with Gasteiger partial charge in [0.25, 0.3) is 0 Å². The van der Waals surface area contributed by atoms with Crippen molar-refractivity contribution in [3.8, 4) is 0 Å². The molecule has 2 N–H and O–H groups in total. The van der Waals surface area contributed by atoms with Crippen LogP contribution in [0.15, 0.2) is 0 Å². The van der Waals surface area contributed by atoms with Gasteiger partial charge in [-0.05, 0) is 13.3 Å². The number of amides is 1. The van der Waals surface area contributed by atoms with E-state index in [9.17, 15) is 14.7 Å². The standard InChI is InChI=1S/C8H13NO3.Na.H/c1-3-5-7(11)6(4(2)10)8(12)9-5;;/h5-7,11H,3H2,1-2H3,(H,9,12);;. The van der Waals surface area contributed by atoms with Gasteiger partial charge in [-0.1, -0.05) is 6.92 Å². The summed E-state index contributed by atoms with van der Waals surface area (Å²) in [4.78, 5) is 22.0. The minimum atomic E-state index is -0.852. The normalized spacial score (nSPS) is 32.2. The summed E-state index contributed by atoms with van der Waals surface area (Å²) >= 11 is 0. The van der Waals surface area contributed by atoms with E-state index in [0.717, 1.165) is 0 Å². The number of hydrogen-bond acceptors (Lipinski definition) is 3. The molecule has 0 saturated carbocycles. The van der Waals surface area contributed by atoms with Gasteiger partial charge in [0.15, 0.2) is 0 Å². The molecular weight excluding hydrogens is 181 g/mol. The van der Waals surface area contributed by atoms with Crippen LogP contribution in [0, 0.1) is 5.92 Å². The molecule has 1 amide bonds. The first kappa shape index (κ1) is 13.1. The number of rotatable bonds is 2. The number of carbonyl (C=O) groups is 2. The second kappa shape index (κ2) is 5.10. The molecule has 1 rings (SSSR count). The maximum absolute atomic E-state index is 11.1. The fraction of sp³-hybridized carbons (Fsp3) is 0.750. The van der Waals surface area contributed by atoms with Crippen molar-refractivity contribution in [3.63, 3.8) is 0 Å². The first-order valence-corrected chi connectivity index (χ1v) is 4.06. The number of aliphatic hydroxyl groups excluding tert-OH is 1. The van der Waals surface area contributed by atoms with Gasteiger partial charge in [0.2, 0.25) is 5.91 Å². The van der Waals surface area contributed by atoms with Gasteiger partial charge in [-0.15, -0.1) is 0 Å². The summed E-state index contributed by atoms with van der Waals surface area (Å²) in [5, 5.41) is 12.1. The van der Waals surface area contributed by atoms with Gasteiger partial charge >= 0.3 is 29.6 Å². The minimum absolute atomic E-state index is 0. The molecule has 70 valence electrons. The van der Waals surface area contributed by atoms with Crippen LogP contribution in [0.4, 0.5) is 0 Å². The summed E-state index contributed by atoms with van der Waals surface area (Å²) in [6.45, 7) is 3.18. The van der Waals surface area contributed by atoms with Crippen LogP contribution in [0.1, 0.15) is 20.3 Å². The maximum atomic E-state index is 11.1. The predicted molar refractivity (Wildman–Crippen MR) is 49.5 cm³/mol. The van der Waals surface area contributed by atoms with Gasteiger partial charge in [-0.2, -0.15) is 0 Å². The molecule has 0 radical (unpaired) electrons. The van der Waals surface area contributed by atoms with Crippen LogP contribution in [0.2, 0.25) is 0 Å². The SMILES string of the molecule is CCC1NC(=O)C(C(C)=O)C1O.[NaH]. The van der Waals surface area contributed by atoms with E-state index in [2.05, 4.69) is 5.32 Å². The molecule has 1 heterocycles. The Labute approximate surface area is 99.4 Å². The third-order valence-corrected chi connectivity index (χ3v) is 2.24. The second-order valence-electron chi connectivity index (χ2n) is 3.10. The molecule has 13 heavy (non-hydrogen) atoms. The van der Waals surface area contributed by atoms with Gasteiger partial charge in [0, 0.05) is 0 Å². The van der Waals surface area contributed by atoms with E-state index < -0.39 is 12.0 Å². The zero-order valence-corrected chi connectivity index (χ0v) is 7.20. The molecule has 1 aliphatic heterocycles. The van der Waals surface area contributed by atoms with Crippen molar-refractivity contribution in [3.05, 3.63) is 0 Å². The number of nitrogens with one attached hydrogen (secondary N) is 1. The Bertz CT molecular complexity index is 219. The molecule has 1 saturated heterocycles. The first-order chi connectivity index (χ1) is 5.57. The molecule has 0 aromatic heterocycles. The molecule has 4 nitrogen and oxygen atoms in total. The van der Waals surface area contributed by atoms with Gasteiger partial charge in [0.1, 0.15) is 11.7 Å². The fourth-order valence-electron chi connectivity index (χ4n) is 1.51. The van der Waals surface area contributed by atoms with Crippen molar-refractivity contribution < 1.29 is 14.7 Å². The van der Waals surface area contributed by atoms with E-state index in [4.69, 9.17) is 0 Å². The second-order valence-corrected chi connectivity index (χ2v) is 3.10. The van der Waals surface area contributed by atoms with Crippen molar-refractivity contribution in [2.24, 2.45) is 5.92 Å². The van der Waals surface area contributed by atoms with Crippen molar-refractivity contribution >= 4 is 41.2 Å². The summed E-state index contributed by atoms with van der Waals surface area (Å²) in [7, 11) is 0. The van der Waals surface area contributed by atoms with Crippen LogP contribution in [0.3, 0.4) is 0 Å². The van der Waals surface area contributed by atoms with Crippen LogP contribution < -0.4 is 5.32 Å². The first-order valence-electron chi connectivity index (χ1n) is 4.06. The van der Waals surface area contributed by atoms with E-state index in [1.165, 1.54) is 6.92 Å². The molecule has 0 aromatic rings. The molecular formula is C8H14NNaO3. The van der Waals surface area contributed by atoms with E-state index in [1.54, 1.807) is 0 Å². The van der Waals surface area contributed by atoms with E-state index >= 15 is 0 Å². The summed E-state index contributed by atoms with van der Waals surface area (Å²) in [6, 6.07) is -0.258. The Morgan fingerprint density at radius 2 is 2.15 bits per heavy atom. The number of hydrogen-bond donors (Lipinski definition) is 2. The molecule has 3 atom stereocenters. The third-order valence-electron chi connectivity index (χ3n) is 2.24. The molecule has 0 aliphatic carbocycles. The Hall–Kier alpha value is 0.1000. The van der Waals surface area contributed by atoms with Gasteiger partial charge < -0.3 is 10.4 Å². The molecule has 0 bridgehead atoms. The quantitative estimate of drug-likeness (QED) is 0.430. The number of aliphatic hydroxyl groups is 1. The van der Waals surface area contributed by atoms with Gasteiger partial charge in [-0.25, -0.2) is 0 Å². The van der Waals surface area contributed by atoms with Crippen molar-refractivity contribution in [2.75, 3.05) is 0 Å². The van der Waals surface area contributed by atoms with E-state index in [0.29, 0.717) is 6.42 Å². The summed E-state index contributed by atoms with van der Waals surface area (Å²) < 4.78 is 0.